The van der Waals surface area contributed by atoms with Crippen molar-refractivity contribution in [3.05, 3.63) is 94.4 Å². The number of aromatic nitrogens is 1. The summed E-state index contributed by atoms with van der Waals surface area (Å²) in [5.74, 6) is 1.93. The lowest BCUT2D eigenvalue weighted by atomic mass is 10.0. The van der Waals surface area contributed by atoms with Crippen LogP contribution in [0.15, 0.2) is 81.8 Å². The smallest absolute Gasteiger partial charge is 0.224 e. The number of aryl methyl sites for hydroxylation is 1. The van der Waals surface area contributed by atoms with Gasteiger partial charge in [0.1, 0.15) is 23.3 Å². The SMILES string of the molecule is CCC(=O)Nc1ccc(N2C(=S)NC(c3ccccn3)C2c2ccc(-c3ccc(C)cc3Br)o2)cc1OC. The molecule has 2 aromatic heterocycles. The number of hydrogen-bond acceptors (Lipinski definition) is 5. The minimum Gasteiger partial charge on any atom is -0.494 e. The molecule has 194 valence electrons. The maximum absolute atomic E-state index is 12.0. The first-order chi connectivity index (χ1) is 18.4. The second-order valence-corrected chi connectivity index (χ2v) is 10.2. The number of furan rings is 1. The summed E-state index contributed by atoms with van der Waals surface area (Å²) in [7, 11) is 1.58. The van der Waals surface area contributed by atoms with Gasteiger partial charge in [0.15, 0.2) is 5.11 Å². The lowest BCUT2D eigenvalue weighted by molar-refractivity contribution is -0.115. The van der Waals surface area contributed by atoms with Gasteiger partial charge in [-0.1, -0.05) is 35.0 Å². The normalized spacial score (nSPS) is 16.8. The lowest BCUT2D eigenvalue weighted by Crippen LogP contribution is -2.29. The summed E-state index contributed by atoms with van der Waals surface area (Å²) in [6.07, 6.45) is 2.14. The van der Waals surface area contributed by atoms with Crippen LogP contribution in [0.25, 0.3) is 11.3 Å². The molecule has 5 rings (SSSR count). The van der Waals surface area contributed by atoms with Gasteiger partial charge in [-0.2, -0.15) is 0 Å². The fraction of sp³-hybridized carbons (Fsp3) is 0.207. The first kappa shape index (κ1) is 25.9. The topological polar surface area (TPSA) is 79.6 Å². The summed E-state index contributed by atoms with van der Waals surface area (Å²) in [5, 5.41) is 6.86. The summed E-state index contributed by atoms with van der Waals surface area (Å²) in [6.45, 7) is 3.86. The van der Waals surface area contributed by atoms with E-state index < -0.39 is 0 Å². The zero-order chi connectivity index (χ0) is 26.8. The minimum atomic E-state index is -0.323. The van der Waals surface area contributed by atoms with Crippen LogP contribution in [0.4, 0.5) is 11.4 Å². The van der Waals surface area contributed by atoms with Crippen molar-refractivity contribution in [3.8, 4) is 17.1 Å². The fourth-order valence-electron chi connectivity index (χ4n) is 4.57. The predicted octanol–water partition coefficient (Wildman–Crippen LogP) is 6.95. The summed E-state index contributed by atoms with van der Waals surface area (Å²) >= 11 is 9.51. The van der Waals surface area contributed by atoms with Crippen molar-refractivity contribution in [2.45, 2.75) is 32.4 Å². The Hall–Kier alpha value is -3.69. The summed E-state index contributed by atoms with van der Waals surface area (Å²) in [5.41, 5.74) is 4.37. The van der Waals surface area contributed by atoms with Crippen LogP contribution in [0.3, 0.4) is 0 Å². The molecular formula is C29H27BrN4O3S. The molecule has 7 nitrogen and oxygen atoms in total. The van der Waals surface area contributed by atoms with Crippen LogP contribution in [-0.2, 0) is 4.79 Å². The van der Waals surface area contributed by atoms with Crippen LogP contribution in [0.1, 0.15) is 42.4 Å². The van der Waals surface area contributed by atoms with Crippen LogP contribution in [0, 0.1) is 6.92 Å². The summed E-state index contributed by atoms with van der Waals surface area (Å²) < 4.78 is 13.1. The Kier molecular flexibility index (Phi) is 7.49. The zero-order valence-corrected chi connectivity index (χ0v) is 23.6. The molecule has 0 radical (unpaired) electrons. The van der Waals surface area contributed by atoms with Crippen LogP contribution in [-0.4, -0.2) is 23.1 Å². The van der Waals surface area contributed by atoms with E-state index in [1.54, 1.807) is 20.2 Å². The van der Waals surface area contributed by atoms with E-state index in [1.807, 2.05) is 59.5 Å². The molecule has 38 heavy (non-hydrogen) atoms. The minimum absolute atomic E-state index is 0.0899. The first-order valence-corrected chi connectivity index (χ1v) is 13.4. The third kappa shape index (κ3) is 5.04. The maximum Gasteiger partial charge on any atom is 0.224 e. The largest absolute Gasteiger partial charge is 0.494 e. The van der Waals surface area contributed by atoms with Gasteiger partial charge in [-0.05, 0) is 73.2 Å². The van der Waals surface area contributed by atoms with Gasteiger partial charge in [-0.3, -0.25) is 9.78 Å². The monoisotopic (exact) mass is 590 g/mol. The number of pyridine rings is 1. The standard InChI is InChI=1S/C29H27BrN4O3S/c1-4-26(35)32-21-11-9-18(16-25(21)36-3)34-28(27(33-29(34)38)22-7-5-6-14-31-22)24-13-12-23(37-24)19-10-8-17(2)15-20(19)30/h5-16,27-28H,4H2,1-3H3,(H,32,35)(H,33,38). The second kappa shape index (κ2) is 11.0. The van der Waals surface area contributed by atoms with Crippen molar-refractivity contribution in [1.29, 1.82) is 0 Å². The quantitative estimate of drug-likeness (QED) is 0.225. The molecule has 4 aromatic rings. The van der Waals surface area contributed by atoms with Gasteiger partial charge in [0.05, 0.1) is 24.5 Å². The number of benzene rings is 2. The number of halogens is 1. The predicted molar refractivity (Wildman–Crippen MR) is 156 cm³/mol. The van der Waals surface area contributed by atoms with Crippen LogP contribution >= 0.6 is 28.1 Å². The van der Waals surface area contributed by atoms with Crippen molar-refractivity contribution in [2.24, 2.45) is 0 Å². The van der Waals surface area contributed by atoms with Crippen molar-refractivity contribution in [3.63, 3.8) is 0 Å². The molecule has 1 aliphatic heterocycles. The Bertz CT molecular complexity index is 1490. The molecule has 9 heteroatoms. The van der Waals surface area contributed by atoms with E-state index in [4.69, 9.17) is 21.4 Å². The van der Waals surface area contributed by atoms with E-state index >= 15 is 0 Å². The van der Waals surface area contributed by atoms with Gasteiger partial charge in [0.25, 0.3) is 0 Å². The third-order valence-corrected chi connectivity index (χ3v) is 7.44. The highest BCUT2D eigenvalue weighted by atomic mass is 79.9. The van der Waals surface area contributed by atoms with Crippen LogP contribution in [0.2, 0.25) is 0 Å². The van der Waals surface area contributed by atoms with Gasteiger partial charge >= 0.3 is 0 Å². The van der Waals surface area contributed by atoms with E-state index in [1.165, 1.54) is 0 Å². The van der Waals surface area contributed by atoms with Crippen LogP contribution < -0.4 is 20.3 Å². The Morgan fingerprint density at radius 3 is 2.74 bits per heavy atom. The Morgan fingerprint density at radius 1 is 1.18 bits per heavy atom. The number of nitrogens with one attached hydrogen (secondary N) is 2. The van der Waals surface area contributed by atoms with E-state index in [0.717, 1.165) is 38.5 Å². The molecule has 2 unspecified atom stereocenters. The van der Waals surface area contributed by atoms with Crippen molar-refractivity contribution in [2.75, 3.05) is 17.3 Å². The lowest BCUT2D eigenvalue weighted by Gasteiger charge is -2.27. The molecule has 0 bridgehead atoms. The molecule has 1 aliphatic rings. The summed E-state index contributed by atoms with van der Waals surface area (Å²) in [6, 6.07) is 21.0. The highest BCUT2D eigenvalue weighted by Gasteiger charge is 2.43. The van der Waals surface area contributed by atoms with E-state index in [2.05, 4.69) is 50.6 Å². The van der Waals surface area contributed by atoms with Crippen LogP contribution in [0.5, 0.6) is 5.75 Å². The molecule has 2 N–H and O–H groups in total. The number of ether oxygens (including phenoxy) is 1. The molecular weight excluding hydrogens is 564 g/mol. The number of rotatable bonds is 7. The fourth-order valence-corrected chi connectivity index (χ4v) is 5.60. The highest BCUT2D eigenvalue weighted by Crippen LogP contribution is 2.44. The molecule has 1 amide bonds. The number of carbonyl (C=O) groups excluding carboxylic acids is 1. The second-order valence-electron chi connectivity index (χ2n) is 8.97. The first-order valence-electron chi connectivity index (χ1n) is 12.2. The molecule has 2 aromatic carbocycles. The number of carbonyl (C=O) groups is 1. The number of amides is 1. The van der Waals surface area contributed by atoms with Gasteiger partial charge in [0.2, 0.25) is 5.91 Å². The Morgan fingerprint density at radius 2 is 2.03 bits per heavy atom. The average molecular weight is 592 g/mol. The zero-order valence-electron chi connectivity index (χ0n) is 21.2. The number of thiocarbonyl (C=S) groups is 1. The van der Waals surface area contributed by atoms with Gasteiger partial charge in [-0.25, -0.2) is 0 Å². The Balaban J connectivity index is 1.58. The number of anilines is 2. The van der Waals surface area contributed by atoms with Gasteiger partial charge in [-0.15, -0.1) is 0 Å². The number of methoxy groups -OCH3 is 1. The molecule has 0 spiro atoms. The number of hydrogen-bond donors (Lipinski definition) is 2. The molecule has 1 saturated heterocycles. The van der Waals surface area contributed by atoms with Gasteiger partial charge in [0, 0.05) is 34.4 Å². The van der Waals surface area contributed by atoms with E-state index in [-0.39, 0.29) is 18.0 Å². The molecule has 1 fully saturated rings. The van der Waals surface area contributed by atoms with Gasteiger partial charge < -0.3 is 24.7 Å². The van der Waals surface area contributed by atoms with E-state index in [0.29, 0.717) is 23.0 Å². The summed E-state index contributed by atoms with van der Waals surface area (Å²) in [4.78, 5) is 18.6. The molecule has 0 saturated carbocycles. The molecule has 0 aliphatic carbocycles. The molecule has 3 heterocycles. The Labute approximate surface area is 235 Å². The highest BCUT2D eigenvalue weighted by molar-refractivity contribution is 9.10. The van der Waals surface area contributed by atoms with Crippen molar-refractivity contribution >= 4 is 50.5 Å². The number of nitrogens with zero attached hydrogens (tertiary/aromatic N) is 2. The maximum atomic E-state index is 12.0. The van der Waals surface area contributed by atoms with Crippen molar-refractivity contribution in [1.82, 2.24) is 10.3 Å². The average Bonchev–Trinajstić information content (AvgIpc) is 3.54. The molecule has 2 atom stereocenters. The van der Waals surface area contributed by atoms with E-state index in [9.17, 15) is 4.79 Å². The third-order valence-electron chi connectivity index (χ3n) is 6.46. The van der Waals surface area contributed by atoms with Crippen molar-refractivity contribution < 1.29 is 13.9 Å².